The fourth-order valence-electron chi connectivity index (χ4n) is 7.31. The zero-order valence-electron chi connectivity index (χ0n) is 15.0. The van der Waals surface area contributed by atoms with Crippen LogP contribution in [-0.2, 0) is 4.79 Å². The van der Waals surface area contributed by atoms with Crippen molar-refractivity contribution in [1.82, 2.24) is 0 Å². The molecule has 0 aromatic rings. The number of hydrogen-bond donors (Lipinski definition) is 1. The number of Topliss-reactive ketones (excluding diaryl/α,β-unsaturated/α-hetero) is 1. The summed E-state index contributed by atoms with van der Waals surface area (Å²) >= 11 is 0. The molecule has 1 N–H and O–H groups in total. The average Bonchev–Trinajstić information content (AvgIpc) is 2.85. The largest absolute Gasteiger partial charge is 0.393 e. The monoisotopic (exact) mass is 316 g/mol. The van der Waals surface area contributed by atoms with Crippen LogP contribution < -0.4 is 0 Å². The maximum atomic E-state index is 12.2. The Kier molecular flexibility index (Phi) is 3.58. The maximum Gasteiger partial charge on any atom is 0.133 e. The van der Waals surface area contributed by atoms with Crippen LogP contribution in [0.2, 0.25) is 0 Å². The predicted molar refractivity (Wildman–Crippen MR) is 91.9 cm³/mol. The van der Waals surface area contributed by atoms with Gasteiger partial charge < -0.3 is 5.11 Å². The molecule has 6 unspecified atom stereocenters. The highest BCUT2D eigenvalue weighted by Crippen LogP contribution is 2.66. The van der Waals surface area contributed by atoms with E-state index in [-0.39, 0.29) is 11.5 Å². The molecule has 0 spiro atoms. The topological polar surface area (TPSA) is 37.3 Å². The summed E-state index contributed by atoms with van der Waals surface area (Å²) in [6.45, 7) is 6.70. The lowest BCUT2D eigenvalue weighted by atomic mass is 9.47. The molecule has 0 amide bonds. The van der Waals surface area contributed by atoms with Gasteiger partial charge in [0, 0.05) is 5.92 Å². The maximum absolute atomic E-state index is 12.2. The highest BCUT2D eigenvalue weighted by Gasteiger charge is 2.59. The molecular formula is C21H32O2. The van der Waals surface area contributed by atoms with Gasteiger partial charge in [0.1, 0.15) is 5.78 Å². The Morgan fingerprint density at radius 1 is 1.13 bits per heavy atom. The summed E-state index contributed by atoms with van der Waals surface area (Å²) in [4.78, 5) is 12.2. The van der Waals surface area contributed by atoms with Gasteiger partial charge in [-0.15, -0.1) is 0 Å². The van der Waals surface area contributed by atoms with E-state index in [2.05, 4.69) is 19.9 Å². The van der Waals surface area contributed by atoms with Crippen LogP contribution in [0.5, 0.6) is 0 Å². The van der Waals surface area contributed by atoms with E-state index in [1.165, 1.54) is 25.7 Å². The van der Waals surface area contributed by atoms with Crippen molar-refractivity contribution in [1.29, 1.82) is 0 Å². The number of hydrogen-bond acceptors (Lipinski definition) is 2. The van der Waals surface area contributed by atoms with Crippen LogP contribution >= 0.6 is 0 Å². The number of fused-ring (bicyclic) bond motifs is 5. The normalized spacial score (nSPS) is 52.2. The molecule has 4 rings (SSSR count). The lowest BCUT2D eigenvalue weighted by molar-refractivity contribution is -0.127. The van der Waals surface area contributed by atoms with Gasteiger partial charge in [-0.25, -0.2) is 0 Å². The van der Waals surface area contributed by atoms with Gasteiger partial charge >= 0.3 is 0 Å². The van der Waals surface area contributed by atoms with Gasteiger partial charge in [0.2, 0.25) is 0 Å². The van der Waals surface area contributed by atoms with Crippen molar-refractivity contribution in [3.63, 3.8) is 0 Å². The first-order chi connectivity index (χ1) is 10.9. The molecule has 3 fully saturated rings. The van der Waals surface area contributed by atoms with Gasteiger partial charge in [-0.2, -0.15) is 0 Å². The lowest BCUT2D eigenvalue weighted by Gasteiger charge is -2.57. The second kappa shape index (κ2) is 5.18. The molecular weight excluding hydrogens is 284 g/mol. The van der Waals surface area contributed by atoms with E-state index in [1.807, 2.05) is 6.92 Å². The number of ketones is 1. The zero-order chi connectivity index (χ0) is 16.4. The molecule has 0 aromatic carbocycles. The van der Waals surface area contributed by atoms with Crippen LogP contribution in [0.1, 0.15) is 72.1 Å². The van der Waals surface area contributed by atoms with Crippen molar-refractivity contribution in [2.45, 2.75) is 78.2 Å². The third-order valence-corrected chi connectivity index (χ3v) is 8.57. The van der Waals surface area contributed by atoms with E-state index < -0.39 is 0 Å². The van der Waals surface area contributed by atoms with Crippen molar-refractivity contribution < 1.29 is 9.90 Å². The molecule has 0 heterocycles. The van der Waals surface area contributed by atoms with Crippen molar-refractivity contribution in [2.75, 3.05) is 0 Å². The predicted octanol–water partition coefficient (Wildman–Crippen LogP) is 4.52. The number of allylic oxidation sites excluding steroid dienone is 1. The van der Waals surface area contributed by atoms with Crippen LogP contribution in [0.4, 0.5) is 0 Å². The zero-order valence-corrected chi connectivity index (χ0v) is 15.0. The molecule has 2 heteroatoms. The molecule has 23 heavy (non-hydrogen) atoms. The summed E-state index contributed by atoms with van der Waals surface area (Å²) in [5.41, 5.74) is 2.11. The Morgan fingerprint density at radius 2 is 1.91 bits per heavy atom. The van der Waals surface area contributed by atoms with Crippen molar-refractivity contribution in [3.05, 3.63) is 11.6 Å². The van der Waals surface area contributed by atoms with Crippen LogP contribution in [0, 0.1) is 34.5 Å². The number of aliphatic hydroxyl groups is 1. The molecule has 0 aliphatic heterocycles. The summed E-state index contributed by atoms with van der Waals surface area (Å²) in [6, 6.07) is 0. The van der Waals surface area contributed by atoms with Gasteiger partial charge in [-0.3, -0.25) is 4.79 Å². The van der Waals surface area contributed by atoms with E-state index in [1.54, 1.807) is 5.57 Å². The van der Waals surface area contributed by atoms with Gasteiger partial charge in [-0.1, -0.05) is 25.5 Å². The highest BCUT2D eigenvalue weighted by atomic mass is 16.3. The third kappa shape index (κ3) is 2.13. The standard InChI is InChI=1S/C21H32O2/c1-13(22)17-6-7-18-16-5-4-14-12-15(23)8-10-20(14,2)19(16)9-11-21(17,18)3/h4,15-19,23H,5-12H2,1-3H3/t15?,16?,17?,18?,19?,20?,21-/m1/s1. The SMILES string of the molecule is CC(=O)C1CCC2C3CC=C4CC(O)CCC4(C)C3CC[C@]12C. The van der Waals surface area contributed by atoms with Crippen molar-refractivity contribution in [3.8, 4) is 0 Å². The van der Waals surface area contributed by atoms with Crippen LogP contribution in [0.3, 0.4) is 0 Å². The summed E-state index contributed by atoms with van der Waals surface area (Å²) in [6.07, 6.45) is 11.5. The second-order valence-electron chi connectivity index (χ2n) is 9.44. The lowest BCUT2D eigenvalue weighted by Crippen LogP contribution is -2.50. The Labute approximate surface area is 140 Å². The second-order valence-corrected chi connectivity index (χ2v) is 9.44. The third-order valence-electron chi connectivity index (χ3n) is 8.57. The first-order valence-corrected chi connectivity index (χ1v) is 9.74. The number of rotatable bonds is 1. The van der Waals surface area contributed by atoms with Gasteiger partial charge in [0.05, 0.1) is 6.10 Å². The fraction of sp³-hybridized carbons (Fsp3) is 0.857. The summed E-state index contributed by atoms with van der Waals surface area (Å²) in [7, 11) is 0. The molecule has 0 bridgehead atoms. The first kappa shape index (κ1) is 15.9. The minimum Gasteiger partial charge on any atom is -0.393 e. The summed E-state index contributed by atoms with van der Waals surface area (Å²) < 4.78 is 0. The molecule has 4 aliphatic rings. The van der Waals surface area contributed by atoms with Gasteiger partial charge in [0.25, 0.3) is 0 Å². The molecule has 3 saturated carbocycles. The van der Waals surface area contributed by atoms with Gasteiger partial charge in [0.15, 0.2) is 0 Å². The smallest absolute Gasteiger partial charge is 0.133 e. The number of carbonyl (C=O) groups is 1. The van der Waals surface area contributed by atoms with Crippen LogP contribution in [-0.4, -0.2) is 17.0 Å². The average molecular weight is 316 g/mol. The molecule has 128 valence electrons. The minimum absolute atomic E-state index is 0.117. The van der Waals surface area contributed by atoms with Crippen molar-refractivity contribution >= 4 is 5.78 Å². The molecule has 0 aromatic heterocycles. The Hall–Kier alpha value is -0.630. The highest BCUT2D eigenvalue weighted by molar-refractivity contribution is 5.79. The van der Waals surface area contributed by atoms with E-state index in [0.29, 0.717) is 17.1 Å². The van der Waals surface area contributed by atoms with E-state index in [4.69, 9.17) is 0 Å². The first-order valence-electron chi connectivity index (χ1n) is 9.74. The Balaban J connectivity index is 1.66. The van der Waals surface area contributed by atoms with Gasteiger partial charge in [-0.05, 0) is 86.9 Å². The molecule has 2 nitrogen and oxygen atoms in total. The van der Waals surface area contributed by atoms with E-state index in [0.717, 1.165) is 43.4 Å². The van der Waals surface area contributed by atoms with E-state index >= 15 is 0 Å². The number of aliphatic hydroxyl groups excluding tert-OH is 1. The molecule has 0 radical (unpaired) electrons. The molecule has 7 atom stereocenters. The van der Waals surface area contributed by atoms with E-state index in [9.17, 15) is 9.90 Å². The molecule has 4 aliphatic carbocycles. The quantitative estimate of drug-likeness (QED) is 0.722. The van der Waals surface area contributed by atoms with Crippen molar-refractivity contribution in [2.24, 2.45) is 34.5 Å². The fourth-order valence-corrected chi connectivity index (χ4v) is 7.31. The summed E-state index contributed by atoms with van der Waals surface area (Å²) in [5.74, 6) is 3.00. The van der Waals surface area contributed by atoms with Crippen LogP contribution in [0.15, 0.2) is 11.6 Å². The Bertz CT molecular complexity index is 550. The summed E-state index contributed by atoms with van der Waals surface area (Å²) in [5, 5.41) is 10.1. The molecule has 0 saturated heterocycles. The Morgan fingerprint density at radius 3 is 2.65 bits per heavy atom. The minimum atomic E-state index is -0.117. The number of carbonyl (C=O) groups excluding carboxylic acids is 1. The van der Waals surface area contributed by atoms with Crippen LogP contribution in [0.25, 0.3) is 0 Å².